The summed E-state index contributed by atoms with van der Waals surface area (Å²) in [6.45, 7) is 0. The predicted molar refractivity (Wildman–Crippen MR) is 74.4 cm³/mol. The lowest BCUT2D eigenvalue weighted by atomic mass is 9.86. The number of hydrogen-bond acceptors (Lipinski definition) is 2. The van der Waals surface area contributed by atoms with Gasteiger partial charge in [0.05, 0.1) is 6.04 Å². The molecular formula is C16H16N2O. The van der Waals surface area contributed by atoms with Crippen LogP contribution in [0.5, 0.6) is 0 Å². The largest absolute Gasteiger partial charge is 0.333 e. The monoisotopic (exact) mass is 252 g/mol. The smallest absolute Gasteiger partial charge is 0.244 e. The normalized spacial score (nSPS) is 22.2. The minimum atomic E-state index is -0.554. The Balaban J connectivity index is 2.19. The van der Waals surface area contributed by atoms with Gasteiger partial charge >= 0.3 is 0 Å². The molecule has 3 rings (SSSR count). The van der Waals surface area contributed by atoms with Gasteiger partial charge in [0.25, 0.3) is 0 Å². The zero-order chi connectivity index (χ0) is 13.4. The summed E-state index contributed by atoms with van der Waals surface area (Å²) in [6, 6.07) is 17.4. The van der Waals surface area contributed by atoms with Gasteiger partial charge in [-0.1, -0.05) is 54.6 Å². The van der Waals surface area contributed by atoms with Crippen molar-refractivity contribution in [2.75, 3.05) is 7.05 Å². The maximum Gasteiger partial charge on any atom is 0.244 e. The van der Waals surface area contributed by atoms with Crippen LogP contribution >= 0.6 is 0 Å². The first-order chi connectivity index (χ1) is 9.20. The van der Waals surface area contributed by atoms with Crippen molar-refractivity contribution < 1.29 is 4.79 Å². The molecule has 0 saturated heterocycles. The summed E-state index contributed by atoms with van der Waals surface area (Å²) in [4.78, 5) is 14.0. The van der Waals surface area contributed by atoms with Crippen molar-refractivity contribution in [3.05, 3.63) is 71.3 Å². The van der Waals surface area contributed by atoms with Crippen LogP contribution in [-0.2, 0) is 4.79 Å². The number of nitrogens with zero attached hydrogens (tertiary/aromatic N) is 1. The molecule has 0 saturated carbocycles. The van der Waals surface area contributed by atoms with Crippen LogP contribution in [0.3, 0.4) is 0 Å². The fraction of sp³-hybridized carbons (Fsp3) is 0.188. The quantitative estimate of drug-likeness (QED) is 0.846. The topological polar surface area (TPSA) is 46.3 Å². The predicted octanol–water partition coefficient (Wildman–Crippen LogP) is 2.25. The Hall–Kier alpha value is -2.13. The molecule has 19 heavy (non-hydrogen) atoms. The van der Waals surface area contributed by atoms with Crippen molar-refractivity contribution in [3.8, 4) is 0 Å². The Labute approximate surface area is 112 Å². The molecule has 96 valence electrons. The fourth-order valence-electron chi connectivity index (χ4n) is 2.77. The number of hydrogen-bond donors (Lipinski definition) is 1. The van der Waals surface area contributed by atoms with Gasteiger partial charge in [0.1, 0.15) is 6.04 Å². The average Bonchev–Trinajstić information content (AvgIpc) is 2.46. The van der Waals surface area contributed by atoms with Crippen molar-refractivity contribution in [2.45, 2.75) is 12.1 Å². The van der Waals surface area contributed by atoms with Crippen molar-refractivity contribution >= 4 is 5.91 Å². The molecule has 2 N–H and O–H groups in total. The van der Waals surface area contributed by atoms with Gasteiger partial charge in [-0.15, -0.1) is 0 Å². The molecule has 1 aliphatic heterocycles. The molecule has 3 nitrogen and oxygen atoms in total. The van der Waals surface area contributed by atoms with E-state index in [9.17, 15) is 4.79 Å². The van der Waals surface area contributed by atoms with Gasteiger partial charge in [0.2, 0.25) is 5.91 Å². The third kappa shape index (κ3) is 1.83. The van der Waals surface area contributed by atoms with Crippen LogP contribution in [0.25, 0.3) is 0 Å². The number of amides is 1. The Bertz CT molecular complexity index is 609. The van der Waals surface area contributed by atoms with Gasteiger partial charge in [-0.25, -0.2) is 0 Å². The molecule has 2 atom stereocenters. The van der Waals surface area contributed by atoms with E-state index in [4.69, 9.17) is 5.73 Å². The first-order valence-corrected chi connectivity index (χ1v) is 6.36. The summed E-state index contributed by atoms with van der Waals surface area (Å²) in [5.41, 5.74) is 9.18. The second-order valence-corrected chi connectivity index (χ2v) is 4.87. The highest BCUT2D eigenvalue weighted by atomic mass is 16.2. The van der Waals surface area contributed by atoms with E-state index in [-0.39, 0.29) is 11.9 Å². The van der Waals surface area contributed by atoms with Crippen LogP contribution in [0.15, 0.2) is 54.6 Å². The molecule has 3 heteroatoms. The van der Waals surface area contributed by atoms with Crippen molar-refractivity contribution in [1.82, 2.24) is 4.90 Å². The van der Waals surface area contributed by atoms with E-state index in [2.05, 4.69) is 6.07 Å². The van der Waals surface area contributed by atoms with Gasteiger partial charge in [-0.05, 0) is 16.7 Å². The van der Waals surface area contributed by atoms with Crippen molar-refractivity contribution in [2.24, 2.45) is 5.73 Å². The highest BCUT2D eigenvalue weighted by molar-refractivity contribution is 5.86. The number of nitrogens with two attached hydrogens (primary N) is 1. The number of benzene rings is 2. The van der Waals surface area contributed by atoms with Crippen LogP contribution in [0.4, 0.5) is 0 Å². The first-order valence-electron chi connectivity index (χ1n) is 6.36. The SMILES string of the molecule is CN1C(=O)C(N)c2ccccc2C1c1ccccc1. The minimum Gasteiger partial charge on any atom is -0.333 e. The number of likely N-dealkylation sites (N-methyl/N-ethyl adjacent to an activating group) is 1. The van der Waals surface area contributed by atoms with Gasteiger partial charge in [0.15, 0.2) is 0 Å². The summed E-state index contributed by atoms with van der Waals surface area (Å²) < 4.78 is 0. The van der Waals surface area contributed by atoms with Crippen molar-refractivity contribution in [1.29, 1.82) is 0 Å². The average molecular weight is 252 g/mol. The Morgan fingerprint density at radius 2 is 1.53 bits per heavy atom. The molecule has 1 aliphatic rings. The van der Waals surface area contributed by atoms with Crippen molar-refractivity contribution in [3.63, 3.8) is 0 Å². The van der Waals surface area contributed by atoms with Gasteiger partial charge in [-0.2, -0.15) is 0 Å². The van der Waals surface area contributed by atoms with Crippen LogP contribution in [-0.4, -0.2) is 17.9 Å². The summed E-state index contributed by atoms with van der Waals surface area (Å²) in [5, 5.41) is 0. The number of fused-ring (bicyclic) bond motifs is 1. The summed E-state index contributed by atoms with van der Waals surface area (Å²) in [5.74, 6) is -0.0347. The molecule has 2 aromatic rings. The van der Waals surface area contributed by atoms with Crippen LogP contribution in [0.2, 0.25) is 0 Å². The molecule has 2 unspecified atom stereocenters. The second-order valence-electron chi connectivity index (χ2n) is 4.87. The third-order valence-electron chi connectivity index (χ3n) is 3.74. The molecule has 0 aliphatic carbocycles. The van der Waals surface area contributed by atoms with E-state index in [1.165, 1.54) is 0 Å². The Morgan fingerprint density at radius 1 is 0.947 bits per heavy atom. The molecule has 0 aromatic heterocycles. The van der Waals surface area contributed by atoms with Crippen LogP contribution < -0.4 is 5.73 Å². The number of carbonyl (C=O) groups excluding carboxylic acids is 1. The van der Waals surface area contributed by atoms with E-state index >= 15 is 0 Å². The molecule has 0 radical (unpaired) electrons. The standard InChI is InChI=1S/C16H16N2O/c1-18-15(11-7-3-2-4-8-11)13-10-6-5-9-12(13)14(17)16(18)19/h2-10,14-15H,17H2,1H3. The van der Waals surface area contributed by atoms with Crippen LogP contribution in [0, 0.1) is 0 Å². The van der Waals surface area contributed by atoms with Gasteiger partial charge in [0, 0.05) is 7.05 Å². The molecule has 1 amide bonds. The molecular weight excluding hydrogens is 236 g/mol. The lowest BCUT2D eigenvalue weighted by Gasteiger charge is -2.37. The number of carbonyl (C=O) groups is 1. The van der Waals surface area contributed by atoms with E-state index in [1.807, 2.05) is 55.6 Å². The van der Waals surface area contributed by atoms with E-state index in [0.29, 0.717) is 0 Å². The summed E-state index contributed by atoms with van der Waals surface area (Å²) in [7, 11) is 1.82. The zero-order valence-electron chi connectivity index (χ0n) is 10.8. The lowest BCUT2D eigenvalue weighted by molar-refractivity contribution is -0.134. The van der Waals surface area contributed by atoms with Gasteiger partial charge < -0.3 is 10.6 Å². The van der Waals surface area contributed by atoms with E-state index < -0.39 is 6.04 Å². The maximum atomic E-state index is 12.3. The third-order valence-corrected chi connectivity index (χ3v) is 3.74. The Kier molecular flexibility index (Phi) is 2.84. The van der Waals surface area contributed by atoms with Gasteiger partial charge in [-0.3, -0.25) is 4.79 Å². The second kappa shape index (κ2) is 4.52. The summed E-state index contributed by atoms with van der Waals surface area (Å²) >= 11 is 0. The zero-order valence-corrected chi connectivity index (χ0v) is 10.8. The summed E-state index contributed by atoms with van der Waals surface area (Å²) in [6.07, 6.45) is 0. The minimum absolute atomic E-state index is 0.0347. The highest BCUT2D eigenvalue weighted by Crippen LogP contribution is 2.37. The fourth-order valence-corrected chi connectivity index (χ4v) is 2.77. The van der Waals surface area contributed by atoms with E-state index in [0.717, 1.165) is 16.7 Å². The molecule has 1 heterocycles. The van der Waals surface area contributed by atoms with Crippen LogP contribution in [0.1, 0.15) is 28.8 Å². The highest BCUT2D eigenvalue weighted by Gasteiger charge is 2.35. The first kappa shape index (κ1) is 11.9. The molecule has 0 spiro atoms. The molecule has 0 fully saturated rings. The maximum absolute atomic E-state index is 12.3. The number of rotatable bonds is 1. The molecule has 2 aromatic carbocycles. The van der Waals surface area contributed by atoms with E-state index in [1.54, 1.807) is 4.90 Å². The molecule has 0 bridgehead atoms. The lowest BCUT2D eigenvalue weighted by Crippen LogP contribution is -2.43. The Morgan fingerprint density at radius 3 is 2.21 bits per heavy atom.